The number of carbonyl (C=O) groups is 2. The molecule has 4 nitrogen and oxygen atoms in total. The second-order valence-corrected chi connectivity index (χ2v) is 5.87. The minimum Gasteiger partial charge on any atom is -0.452 e. The van der Waals surface area contributed by atoms with E-state index in [9.17, 15) is 9.59 Å². The molecule has 0 aromatic heterocycles. The number of anilines is 1. The molecule has 114 valence electrons. The number of nitrogens with one attached hydrogen (secondary N) is 1. The number of amides is 1. The number of benzene rings is 2. The number of rotatable bonds is 4. The Morgan fingerprint density at radius 3 is 2.55 bits per heavy atom. The van der Waals surface area contributed by atoms with E-state index >= 15 is 0 Å². The molecule has 0 bridgehead atoms. The molecule has 0 fully saturated rings. The molecule has 0 unspecified atom stereocenters. The fraction of sp³-hybridized carbons (Fsp3) is 0.125. The molecule has 0 aliphatic carbocycles. The molecule has 0 radical (unpaired) electrons. The van der Waals surface area contributed by atoms with Crippen LogP contribution in [-0.2, 0) is 9.53 Å². The van der Waals surface area contributed by atoms with Crippen molar-refractivity contribution in [1.82, 2.24) is 0 Å². The van der Waals surface area contributed by atoms with E-state index in [-0.39, 0.29) is 6.61 Å². The summed E-state index contributed by atoms with van der Waals surface area (Å²) < 4.78 is 5.83. The van der Waals surface area contributed by atoms with Gasteiger partial charge in [-0.1, -0.05) is 33.6 Å². The zero-order valence-corrected chi connectivity index (χ0v) is 14.1. The van der Waals surface area contributed by atoms with Crippen LogP contribution in [0.15, 0.2) is 46.9 Å². The van der Waals surface area contributed by atoms with Crippen LogP contribution in [0.5, 0.6) is 0 Å². The van der Waals surface area contributed by atoms with Crippen molar-refractivity contribution in [2.75, 3.05) is 11.9 Å². The van der Waals surface area contributed by atoms with E-state index in [4.69, 9.17) is 16.3 Å². The molecular formula is C16H13BrClNO3. The molecule has 1 amide bonds. The zero-order chi connectivity index (χ0) is 16.1. The second-order valence-electron chi connectivity index (χ2n) is 4.54. The van der Waals surface area contributed by atoms with E-state index in [1.54, 1.807) is 49.4 Å². The molecule has 0 saturated heterocycles. The van der Waals surface area contributed by atoms with Crippen LogP contribution in [0.25, 0.3) is 0 Å². The molecule has 2 rings (SSSR count). The Kier molecular flexibility index (Phi) is 5.57. The number of carbonyl (C=O) groups excluding carboxylic acids is 2. The Morgan fingerprint density at radius 2 is 1.86 bits per heavy atom. The SMILES string of the molecule is Cc1c(Cl)cccc1NC(=O)COC(=O)c1ccc(Br)cc1. The standard InChI is InChI=1S/C16H13BrClNO3/c1-10-13(18)3-2-4-14(10)19-15(20)9-22-16(21)11-5-7-12(17)8-6-11/h2-8H,9H2,1H3,(H,19,20). The number of halogens is 2. The summed E-state index contributed by atoms with van der Waals surface area (Å²) in [5.74, 6) is -0.971. The van der Waals surface area contributed by atoms with Crippen molar-refractivity contribution in [2.45, 2.75) is 6.92 Å². The third-order valence-electron chi connectivity index (χ3n) is 2.96. The van der Waals surface area contributed by atoms with Crippen LogP contribution in [0.3, 0.4) is 0 Å². The molecule has 0 spiro atoms. The topological polar surface area (TPSA) is 55.4 Å². The van der Waals surface area contributed by atoms with Gasteiger partial charge in [-0.15, -0.1) is 0 Å². The lowest BCUT2D eigenvalue weighted by atomic mass is 10.2. The van der Waals surface area contributed by atoms with Crippen LogP contribution in [0.2, 0.25) is 5.02 Å². The van der Waals surface area contributed by atoms with E-state index < -0.39 is 11.9 Å². The Morgan fingerprint density at radius 1 is 1.18 bits per heavy atom. The van der Waals surface area contributed by atoms with Crippen molar-refractivity contribution < 1.29 is 14.3 Å². The third-order valence-corrected chi connectivity index (χ3v) is 3.89. The lowest BCUT2D eigenvalue weighted by molar-refractivity contribution is -0.119. The maximum atomic E-state index is 11.8. The third kappa shape index (κ3) is 4.32. The van der Waals surface area contributed by atoms with Gasteiger partial charge in [0.05, 0.1) is 5.56 Å². The van der Waals surface area contributed by atoms with E-state index in [1.807, 2.05) is 0 Å². The van der Waals surface area contributed by atoms with Gasteiger partial charge in [-0.3, -0.25) is 4.79 Å². The van der Waals surface area contributed by atoms with Crippen LogP contribution in [-0.4, -0.2) is 18.5 Å². The van der Waals surface area contributed by atoms with Gasteiger partial charge in [0.15, 0.2) is 6.61 Å². The van der Waals surface area contributed by atoms with Crippen molar-refractivity contribution in [3.63, 3.8) is 0 Å². The first kappa shape index (κ1) is 16.5. The molecule has 0 saturated carbocycles. The van der Waals surface area contributed by atoms with Crippen molar-refractivity contribution in [2.24, 2.45) is 0 Å². The van der Waals surface area contributed by atoms with Crippen LogP contribution in [0, 0.1) is 6.92 Å². The summed E-state index contributed by atoms with van der Waals surface area (Å²) in [6.45, 7) is 1.44. The molecule has 0 aliphatic rings. The molecular weight excluding hydrogens is 370 g/mol. The van der Waals surface area contributed by atoms with Crippen molar-refractivity contribution in [3.8, 4) is 0 Å². The lowest BCUT2D eigenvalue weighted by Gasteiger charge is -2.10. The summed E-state index contributed by atoms with van der Waals surface area (Å²) in [4.78, 5) is 23.6. The Bertz CT molecular complexity index is 701. The fourth-order valence-corrected chi connectivity index (χ4v) is 2.17. The number of esters is 1. The van der Waals surface area contributed by atoms with Crippen molar-refractivity contribution in [1.29, 1.82) is 0 Å². The van der Waals surface area contributed by atoms with Crippen LogP contribution < -0.4 is 5.32 Å². The van der Waals surface area contributed by atoms with Gasteiger partial charge in [-0.25, -0.2) is 4.79 Å². The first-order chi connectivity index (χ1) is 10.5. The summed E-state index contributed by atoms with van der Waals surface area (Å²) >= 11 is 9.26. The largest absolute Gasteiger partial charge is 0.452 e. The first-order valence-corrected chi connectivity index (χ1v) is 7.62. The van der Waals surface area contributed by atoms with Gasteiger partial charge in [-0.05, 0) is 48.9 Å². The van der Waals surface area contributed by atoms with Crippen LogP contribution in [0.4, 0.5) is 5.69 Å². The molecule has 0 heterocycles. The molecule has 6 heteroatoms. The highest BCUT2D eigenvalue weighted by atomic mass is 79.9. The quantitative estimate of drug-likeness (QED) is 0.806. The highest BCUT2D eigenvalue weighted by Gasteiger charge is 2.11. The minimum atomic E-state index is -0.550. The smallest absolute Gasteiger partial charge is 0.338 e. The average molecular weight is 383 g/mol. The molecule has 0 atom stereocenters. The van der Waals surface area contributed by atoms with Gasteiger partial charge in [0.25, 0.3) is 5.91 Å². The van der Waals surface area contributed by atoms with Crippen molar-refractivity contribution >= 4 is 45.1 Å². The van der Waals surface area contributed by atoms with Gasteiger partial charge in [0, 0.05) is 15.2 Å². The van der Waals surface area contributed by atoms with E-state index in [2.05, 4.69) is 21.2 Å². The summed E-state index contributed by atoms with van der Waals surface area (Å²) in [5, 5.41) is 3.22. The van der Waals surface area contributed by atoms with Crippen molar-refractivity contribution in [3.05, 3.63) is 63.1 Å². The predicted molar refractivity (Wildman–Crippen MR) is 89.2 cm³/mol. The molecule has 1 N–H and O–H groups in total. The number of ether oxygens (including phenoxy) is 1. The zero-order valence-electron chi connectivity index (χ0n) is 11.7. The molecule has 2 aromatic rings. The summed E-state index contributed by atoms with van der Waals surface area (Å²) in [6, 6.07) is 11.9. The average Bonchev–Trinajstić information content (AvgIpc) is 2.50. The van der Waals surface area contributed by atoms with E-state index in [0.717, 1.165) is 10.0 Å². The summed E-state index contributed by atoms with van der Waals surface area (Å²) in [7, 11) is 0. The second kappa shape index (κ2) is 7.42. The highest BCUT2D eigenvalue weighted by Crippen LogP contribution is 2.22. The van der Waals surface area contributed by atoms with E-state index in [0.29, 0.717) is 16.3 Å². The van der Waals surface area contributed by atoms with Gasteiger partial charge in [0.1, 0.15) is 0 Å². The number of hydrogen-bond acceptors (Lipinski definition) is 3. The maximum Gasteiger partial charge on any atom is 0.338 e. The van der Waals surface area contributed by atoms with E-state index in [1.165, 1.54) is 0 Å². The highest BCUT2D eigenvalue weighted by molar-refractivity contribution is 9.10. The van der Waals surface area contributed by atoms with Crippen LogP contribution >= 0.6 is 27.5 Å². The van der Waals surface area contributed by atoms with Gasteiger partial charge in [-0.2, -0.15) is 0 Å². The fourth-order valence-electron chi connectivity index (χ4n) is 1.73. The van der Waals surface area contributed by atoms with Gasteiger partial charge >= 0.3 is 5.97 Å². The molecule has 2 aromatic carbocycles. The Labute approximate surface area is 141 Å². The summed E-state index contributed by atoms with van der Waals surface area (Å²) in [6.07, 6.45) is 0. The number of hydrogen-bond donors (Lipinski definition) is 1. The Hall–Kier alpha value is -1.85. The van der Waals surface area contributed by atoms with Crippen LogP contribution in [0.1, 0.15) is 15.9 Å². The van der Waals surface area contributed by atoms with Gasteiger partial charge < -0.3 is 10.1 Å². The molecule has 0 aliphatic heterocycles. The normalized spacial score (nSPS) is 10.1. The summed E-state index contributed by atoms with van der Waals surface area (Å²) in [5.41, 5.74) is 1.74. The monoisotopic (exact) mass is 381 g/mol. The predicted octanol–water partition coefficient (Wildman–Crippen LogP) is 4.21. The first-order valence-electron chi connectivity index (χ1n) is 6.45. The lowest BCUT2D eigenvalue weighted by Crippen LogP contribution is -2.21. The molecule has 22 heavy (non-hydrogen) atoms. The Balaban J connectivity index is 1.91. The minimum absolute atomic E-state index is 0.360. The maximum absolute atomic E-state index is 11.8. The van der Waals surface area contributed by atoms with Gasteiger partial charge in [0.2, 0.25) is 0 Å².